The first kappa shape index (κ1) is 13.0. The van der Waals surface area contributed by atoms with Crippen molar-refractivity contribution in [1.29, 1.82) is 0 Å². The Balaban J connectivity index is 2.58. The number of hydrogen-bond acceptors (Lipinski definition) is 4. The van der Waals surface area contributed by atoms with Crippen LogP contribution in [0.5, 0.6) is 0 Å². The van der Waals surface area contributed by atoms with Crippen LogP contribution in [0.3, 0.4) is 0 Å². The largest absolute Gasteiger partial charge is 0.366 e. The number of aliphatic imine (C=N–C) groups is 1. The van der Waals surface area contributed by atoms with Crippen molar-refractivity contribution in [2.24, 2.45) is 4.99 Å². The van der Waals surface area contributed by atoms with Crippen LogP contribution in [0.2, 0.25) is 0 Å². The number of amides is 1. The summed E-state index contributed by atoms with van der Waals surface area (Å²) in [5, 5.41) is 0. The molecule has 0 N–H and O–H groups in total. The summed E-state index contributed by atoms with van der Waals surface area (Å²) < 4.78 is 0.855. The monoisotopic (exact) mass is 310 g/mol. The SMILES string of the molecule is CCN1C(=O)CC(N(C)C)=Nc2cc(Br)cnc21. The van der Waals surface area contributed by atoms with Crippen molar-refractivity contribution < 1.29 is 4.79 Å². The molecule has 0 atom stereocenters. The lowest BCUT2D eigenvalue weighted by molar-refractivity contribution is -0.117. The van der Waals surface area contributed by atoms with Gasteiger partial charge in [-0.15, -0.1) is 0 Å². The first-order chi connectivity index (χ1) is 8.52. The van der Waals surface area contributed by atoms with Crippen molar-refractivity contribution >= 4 is 39.2 Å². The summed E-state index contributed by atoms with van der Waals surface area (Å²) in [6.07, 6.45) is 1.99. The van der Waals surface area contributed by atoms with E-state index in [0.29, 0.717) is 18.8 Å². The van der Waals surface area contributed by atoms with Gasteiger partial charge in [-0.3, -0.25) is 9.69 Å². The van der Waals surface area contributed by atoms with Gasteiger partial charge in [0.15, 0.2) is 5.82 Å². The molecule has 1 aliphatic heterocycles. The molecule has 1 aliphatic rings. The van der Waals surface area contributed by atoms with Gasteiger partial charge in [0, 0.05) is 31.3 Å². The van der Waals surface area contributed by atoms with Gasteiger partial charge in [0.05, 0.1) is 6.42 Å². The second kappa shape index (κ2) is 5.06. The Morgan fingerprint density at radius 3 is 2.83 bits per heavy atom. The van der Waals surface area contributed by atoms with Crippen molar-refractivity contribution in [2.75, 3.05) is 25.5 Å². The standard InChI is InChI=1S/C12H15BrN4O/c1-4-17-11(18)6-10(16(2)3)15-9-5-8(13)7-14-12(9)17/h5,7H,4,6H2,1-3H3. The van der Waals surface area contributed by atoms with Crippen molar-refractivity contribution in [3.8, 4) is 0 Å². The molecule has 0 radical (unpaired) electrons. The molecule has 1 amide bonds. The van der Waals surface area contributed by atoms with Crippen LogP contribution in [0.4, 0.5) is 11.5 Å². The van der Waals surface area contributed by atoms with E-state index < -0.39 is 0 Å². The molecule has 6 heteroatoms. The van der Waals surface area contributed by atoms with Gasteiger partial charge in [-0.1, -0.05) is 0 Å². The number of nitrogens with zero attached hydrogens (tertiary/aromatic N) is 4. The van der Waals surface area contributed by atoms with Crippen LogP contribution >= 0.6 is 15.9 Å². The van der Waals surface area contributed by atoms with E-state index in [-0.39, 0.29) is 5.91 Å². The van der Waals surface area contributed by atoms with Gasteiger partial charge >= 0.3 is 0 Å². The number of fused-ring (bicyclic) bond motifs is 1. The van der Waals surface area contributed by atoms with E-state index >= 15 is 0 Å². The molecule has 2 heterocycles. The number of aromatic nitrogens is 1. The highest BCUT2D eigenvalue weighted by atomic mass is 79.9. The van der Waals surface area contributed by atoms with Crippen LogP contribution in [0.1, 0.15) is 13.3 Å². The molecular formula is C12H15BrN4O. The highest BCUT2D eigenvalue weighted by Crippen LogP contribution is 2.32. The molecule has 1 aromatic heterocycles. The van der Waals surface area contributed by atoms with Crippen LogP contribution in [-0.4, -0.2) is 42.3 Å². The molecule has 5 nitrogen and oxygen atoms in total. The minimum atomic E-state index is 0.0264. The topological polar surface area (TPSA) is 48.8 Å². The summed E-state index contributed by atoms with van der Waals surface area (Å²) in [5.74, 6) is 1.40. The summed E-state index contributed by atoms with van der Waals surface area (Å²) in [6.45, 7) is 2.53. The minimum absolute atomic E-state index is 0.0264. The van der Waals surface area contributed by atoms with E-state index in [4.69, 9.17) is 0 Å². The quantitative estimate of drug-likeness (QED) is 0.799. The number of rotatable bonds is 1. The Morgan fingerprint density at radius 2 is 2.22 bits per heavy atom. The van der Waals surface area contributed by atoms with Gasteiger partial charge in [0.25, 0.3) is 0 Å². The molecule has 18 heavy (non-hydrogen) atoms. The molecule has 0 saturated carbocycles. The average Bonchev–Trinajstić information content (AvgIpc) is 2.44. The molecule has 96 valence electrons. The Morgan fingerprint density at radius 1 is 1.50 bits per heavy atom. The van der Waals surface area contributed by atoms with Crippen molar-refractivity contribution in [3.63, 3.8) is 0 Å². The molecule has 0 saturated heterocycles. The first-order valence-corrected chi connectivity index (χ1v) is 6.53. The molecule has 2 rings (SSSR count). The lowest BCUT2D eigenvalue weighted by Gasteiger charge is -2.19. The van der Waals surface area contributed by atoms with Crippen molar-refractivity contribution in [2.45, 2.75) is 13.3 Å². The van der Waals surface area contributed by atoms with Gasteiger partial charge in [0.1, 0.15) is 11.5 Å². The maximum atomic E-state index is 12.2. The minimum Gasteiger partial charge on any atom is -0.366 e. The fourth-order valence-corrected chi connectivity index (χ4v) is 2.14. The number of carbonyl (C=O) groups excluding carboxylic acids is 1. The van der Waals surface area contributed by atoms with Crippen LogP contribution in [0.25, 0.3) is 0 Å². The number of hydrogen-bond donors (Lipinski definition) is 0. The first-order valence-electron chi connectivity index (χ1n) is 5.73. The van der Waals surface area contributed by atoms with Crippen LogP contribution < -0.4 is 4.90 Å². The van der Waals surface area contributed by atoms with Crippen LogP contribution in [-0.2, 0) is 4.79 Å². The third-order valence-electron chi connectivity index (χ3n) is 2.76. The summed E-state index contributed by atoms with van der Waals surface area (Å²) in [4.78, 5) is 24.5. The maximum absolute atomic E-state index is 12.2. The molecule has 0 aromatic carbocycles. The zero-order chi connectivity index (χ0) is 13.3. The zero-order valence-electron chi connectivity index (χ0n) is 10.6. The van der Waals surface area contributed by atoms with Crippen molar-refractivity contribution in [3.05, 3.63) is 16.7 Å². The van der Waals surface area contributed by atoms with E-state index in [1.165, 1.54) is 0 Å². The van der Waals surface area contributed by atoms with E-state index in [0.717, 1.165) is 16.0 Å². The average molecular weight is 311 g/mol. The molecule has 0 bridgehead atoms. The van der Waals surface area contributed by atoms with E-state index in [2.05, 4.69) is 25.9 Å². The summed E-state index contributed by atoms with van der Waals surface area (Å²) >= 11 is 3.38. The van der Waals surface area contributed by atoms with Crippen LogP contribution in [0.15, 0.2) is 21.7 Å². The van der Waals surface area contributed by atoms with Crippen molar-refractivity contribution in [1.82, 2.24) is 9.88 Å². The predicted octanol–water partition coefficient (Wildman–Crippen LogP) is 2.19. The molecule has 0 aliphatic carbocycles. The third kappa shape index (κ3) is 2.38. The fraction of sp³-hybridized carbons (Fsp3) is 0.417. The van der Waals surface area contributed by atoms with Gasteiger partial charge in [-0.25, -0.2) is 9.98 Å². The molecule has 1 aromatic rings. The Bertz CT molecular complexity index is 513. The molecule has 0 unspecified atom stereocenters. The number of pyridine rings is 1. The maximum Gasteiger partial charge on any atom is 0.235 e. The Kier molecular flexibility index (Phi) is 3.65. The third-order valence-corrected chi connectivity index (χ3v) is 3.20. The normalized spacial score (nSPS) is 15.0. The summed E-state index contributed by atoms with van der Waals surface area (Å²) in [5.41, 5.74) is 0.723. The van der Waals surface area contributed by atoms with E-state index in [1.807, 2.05) is 32.0 Å². The Labute approximate surface area is 115 Å². The zero-order valence-corrected chi connectivity index (χ0v) is 12.2. The predicted molar refractivity (Wildman–Crippen MR) is 75.4 cm³/mol. The summed E-state index contributed by atoms with van der Waals surface area (Å²) in [6, 6.07) is 1.88. The highest BCUT2D eigenvalue weighted by Gasteiger charge is 2.25. The number of carbonyl (C=O) groups is 1. The lowest BCUT2D eigenvalue weighted by Crippen LogP contribution is -2.34. The second-order valence-corrected chi connectivity index (χ2v) is 5.15. The molecule has 0 spiro atoms. The Hall–Kier alpha value is -1.43. The second-order valence-electron chi connectivity index (χ2n) is 4.23. The highest BCUT2D eigenvalue weighted by molar-refractivity contribution is 9.10. The van der Waals surface area contributed by atoms with Gasteiger partial charge in [-0.2, -0.15) is 0 Å². The fourth-order valence-electron chi connectivity index (χ4n) is 1.82. The van der Waals surface area contributed by atoms with Gasteiger partial charge in [-0.05, 0) is 28.9 Å². The van der Waals surface area contributed by atoms with Gasteiger partial charge in [0.2, 0.25) is 5.91 Å². The number of anilines is 1. The smallest absolute Gasteiger partial charge is 0.235 e. The van der Waals surface area contributed by atoms with Crippen LogP contribution in [0, 0.1) is 0 Å². The van der Waals surface area contributed by atoms with E-state index in [1.54, 1.807) is 11.1 Å². The number of halogens is 1. The lowest BCUT2D eigenvalue weighted by atomic mass is 10.3. The van der Waals surface area contributed by atoms with Gasteiger partial charge < -0.3 is 4.90 Å². The molecular weight excluding hydrogens is 296 g/mol. The number of amidine groups is 1. The summed E-state index contributed by atoms with van der Waals surface area (Å²) in [7, 11) is 3.78. The molecule has 0 fully saturated rings. The van der Waals surface area contributed by atoms with E-state index in [9.17, 15) is 4.79 Å².